The highest BCUT2D eigenvalue weighted by molar-refractivity contribution is 5.63. The van der Waals surface area contributed by atoms with Gasteiger partial charge in [-0.05, 0) is 37.0 Å². The van der Waals surface area contributed by atoms with E-state index in [0.29, 0.717) is 0 Å². The first-order valence-electron chi connectivity index (χ1n) is 6.11. The third kappa shape index (κ3) is 4.31. The van der Waals surface area contributed by atoms with Gasteiger partial charge in [-0.3, -0.25) is 0 Å². The molecule has 1 nitrogen and oxygen atoms in total. The zero-order valence-corrected chi connectivity index (χ0v) is 10.7. The van der Waals surface area contributed by atoms with Crippen molar-refractivity contribution in [2.24, 2.45) is 0 Å². The highest BCUT2D eigenvalue weighted by Gasteiger charge is 2.01. The van der Waals surface area contributed by atoms with E-state index >= 15 is 0 Å². The second-order valence-corrected chi connectivity index (χ2v) is 3.88. The molecule has 0 radical (unpaired) electrons. The van der Waals surface area contributed by atoms with Crippen LogP contribution in [0.4, 0.5) is 5.69 Å². The van der Waals surface area contributed by atoms with Crippen molar-refractivity contribution in [1.29, 1.82) is 0 Å². The van der Waals surface area contributed by atoms with E-state index in [-0.39, 0.29) is 0 Å². The first-order valence-corrected chi connectivity index (χ1v) is 6.11. The Balaban J connectivity index is 2.91. The summed E-state index contributed by atoms with van der Waals surface area (Å²) in [6.07, 6.45) is 14.5. The molecule has 2 N–H and O–H groups in total. The summed E-state index contributed by atoms with van der Waals surface area (Å²) in [7, 11) is 0. The lowest BCUT2D eigenvalue weighted by Gasteiger charge is -2.07. The number of nitrogens with two attached hydrogens (primary N) is 1. The van der Waals surface area contributed by atoms with Crippen LogP contribution in [0.3, 0.4) is 0 Å². The molecule has 0 heterocycles. The number of benzene rings is 1. The minimum absolute atomic E-state index is 0.869. The van der Waals surface area contributed by atoms with Crippen LogP contribution in [0, 0.1) is 0 Å². The summed E-state index contributed by atoms with van der Waals surface area (Å²) in [5, 5.41) is 0. The lowest BCUT2D eigenvalue weighted by atomic mass is 10.0. The normalized spacial score (nSPS) is 12.1. The van der Waals surface area contributed by atoms with Crippen LogP contribution in [0.25, 0.3) is 6.08 Å². The molecule has 0 aromatic heterocycles. The van der Waals surface area contributed by atoms with Crippen molar-refractivity contribution in [3.8, 4) is 0 Å². The van der Waals surface area contributed by atoms with Gasteiger partial charge in [0.15, 0.2) is 0 Å². The Labute approximate surface area is 104 Å². The SMILES string of the molecule is C/C=C\C=C/Cc1c(N)cccc1/C=C/CC. The van der Waals surface area contributed by atoms with Gasteiger partial charge in [0.25, 0.3) is 0 Å². The minimum Gasteiger partial charge on any atom is -0.398 e. The van der Waals surface area contributed by atoms with E-state index in [2.05, 4.69) is 37.3 Å². The van der Waals surface area contributed by atoms with Crippen molar-refractivity contribution in [3.63, 3.8) is 0 Å². The summed E-state index contributed by atoms with van der Waals surface area (Å²) in [5.74, 6) is 0. The molecule has 0 fully saturated rings. The number of hydrogen-bond donors (Lipinski definition) is 1. The first kappa shape index (κ1) is 13.3. The Morgan fingerprint density at radius 2 is 2.00 bits per heavy atom. The second-order valence-electron chi connectivity index (χ2n) is 3.88. The number of anilines is 1. The van der Waals surface area contributed by atoms with Gasteiger partial charge in [-0.25, -0.2) is 0 Å². The van der Waals surface area contributed by atoms with Gasteiger partial charge in [0.1, 0.15) is 0 Å². The van der Waals surface area contributed by atoms with Crippen molar-refractivity contribution >= 4 is 11.8 Å². The summed E-state index contributed by atoms with van der Waals surface area (Å²) in [6.45, 7) is 4.14. The molecule has 1 aromatic rings. The number of nitrogen functional groups attached to an aromatic ring is 1. The molecule has 1 heteroatoms. The fraction of sp³-hybridized carbons (Fsp3) is 0.250. The van der Waals surface area contributed by atoms with Gasteiger partial charge in [0.05, 0.1) is 0 Å². The number of allylic oxidation sites excluding steroid dienone is 5. The Bertz CT molecular complexity index is 425. The molecule has 1 rings (SSSR count). The van der Waals surface area contributed by atoms with E-state index < -0.39 is 0 Å². The van der Waals surface area contributed by atoms with E-state index in [9.17, 15) is 0 Å². The summed E-state index contributed by atoms with van der Waals surface area (Å²) in [4.78, 5) is 0. The maximum Gasteiger partial charge on any atom is 0.0355 e. The summed E-state index contributed by atoms with van der Waals surface area (Å²) in [6, 6.07) is 6.08. The summed E-state index contributed by atoms with van der Waals surface area (Å²) in [5.41, 5.74) is 9.32. The predicted octanol–water partition coefficient (Wildman–Crippen LogP) is 4.37. The Kier molecular flexibility index (Phi) is 5.87. The molecule has 1 aromatic carbocycles. The van der Waals surface area contributed by atoms with Gasteiger partial charge in [0.2, 0.25) is 0 Å². The van der Waals surface area contributed by atoms with E-state index in [1.807, 2.05) is 31.2 Å². The van der Waals surface area contributed by atoms with Gasteiger partial charge in [-0.15, -0.1) is 0 Å². The molecule has 0 aliphatic heterocycles. The molecule has 90 valence electrons. The van der Waals surface area contributed by atoms with Crippen LogP contribution >= 0.6 is 0 Å². The molecule has 0 saturated heterocycles. The van der Waals surface area contributed by atoms with Crippen molar-refractivity contribution in [2.75, 3.05) is 5.73 Å². The maximum absolute atomic E-state index is 6.02. The zero-order chi connectivity index (χ0) is 12.5. The van der Waals surface area contributed by atoms with Gasteiger partial charge in [-0.2, -0.15) is 0 Å². The van der Waals surface area contributed by atoms with Crippen molar-refractivity contribution < 1.29 is 0 Å². The smallest absolute Gasteiger partial charge is 0.0355 e. The quantitative estimate of drug-likeness (QED) is 0.586. The highest BCUT2D eigenvalue weighted by Crippen LogP contribution is 2.19. The Hall–Kier alpha value is -1.76. The third-order valence-corrected chi connectivity index (χ3v) is 2.54. The molecule has 0 atom stereocenters. The Morgan fingerprint density at radius 3 is 2.71 bits per heavy atom. The molecule has 0 spiro atoms. The van der Waals surface area contributed by atoms with Crippen molar-refractivity contribution in [2.45, 2.75) is 26.7 Å². The lowest BCUT2D eigenvalue weighted by molar-refractivity contribution is 1.22. The average Bonchev–Trinajstić information content (AvgIpc) is 2.34. The molecule has 0 amide bonds. The van der Waals surface area contributed by atoms with Crippen LogP contribution in [-0.4, -0.2) is 0 Å². The summed E-state index contributed by atoms with van der Waals surface area (Å²) < 4.78 is 0. The van der Waals surface area contributed by atoms with Gasteiger partial charge >= 0.3 is 0 Å². The maximum atomic E-state index is 6.02. The van der Waals surface area contributed by atoms with E-state index in [4.69, 9.17) is 5.73 Å². The number of rotatable bonds is 5. The van der Waals surface area contributed by atoms with Gasteiger partial charge in [-0.1, -0.05) is 55.5 Å². The van der Waals surface area contributed by atoms with Crippen molar-refractivity contribution in [3.05, 3.63) is 59.7 Å². The third-order valence-electron chi connectivity index (χ3n) is 2.54. The van der Waals surface area contributed by atoms with Crippen LogP contribution in [0.15, 0.2) is 48.6 Å². The fourth-order valence-corrected chi connectivity index (χ4v) is 1.64. The van der Waals surface area contributed by atoms with E-state index in [1.165, 1.54) is 11.1 Å². The first-order chi connectivity index (χ1) is 8.29. The Morgan fingerprint density at radius 1 is 1.18 bits per heavy atom. The van der Waals surface area contributed by atoms with Crippen LogP contribution in [-0.2, 0) is 6.42 Å². The van der Waals surface area contributed by atoms with Crippen LogP contribution < -0.4 is 5.73 Å². The molecule has 0 aliphatic carbocycles. The molecule has 0 saturated carbocycles. The molecule has 0 bridgehead atoms. The van der Waals surface area contributed by atoms with Crippen LogP contribution in [0.5, 0.6) is 0 Å². The molecule has 0 aliphatic rings. The van der Waals surface area contributed by atoms with E-state index in [1.54, 1.807) is 0 Å². The number of hydrogen-bond acceptors (Lipinski definition) is 1. The lowest BCUT2D eigenvalue weighted by Crippen LogP contribution is -1.95. The van der Waals surface area contributed by atoms with Crippen molar-refractivity contribution in [1.82, 2.24) is 0 Å². The zero-order valence-electron chi connectivity index (χ0n) is 10.7. The highest BCUT2D eigenvalue weighted by atomic mass is 14.6. The predicted molar refractivity (Wildman–Crippen MR) is 77.8 cm³/mol. The second kappa shape index (κ2) is 7.50. The van der Waals surface area contributed by atoms with E-state index in [0.717, 1.165) is 18.5 Å². The fourth-order valence-electron chi connectivity index (χ4n) is 1.64. The monoisotopic (exact) mass is 227 g/mol. The molecule has 17 heavy (non-hydrogen) atoms. The van der Waals surface area contributed by atoms with Gasteiger partial charge < -0.3 is 5.73 Å². The standard InChI is InChI=1S/C16H21N/c1-3-5-7-8-12-15-14(10-6-4-2)11-9-13-16(15)17/h3,5-11,13H,4,12,17H2,1-2H3/b5-3-,8-7-,10-6+. The molecular formula is C16H21N. The average molecular weight is 227 g/mol. The van der Waals surface area contributed by atoms with Gasteiger partial charge in [0, 0.05) is 5.69 Å². The largest absolute Gasteiger partial charge is 0.398 e. The minimum atomic E-state index is 0.869. The summed E-state index contributed by atoms with van der Waals surface area (Å²) >= 11 is 0. The van der Waals surface area contributed by atoms with Crippen LogP contribution in [0.1, 0.15) is 31.4 Å². The topological polar surface area (TPSA) is 26.0 Å². The molecular weight excluding hydrogens is 206 g/mol. The van der Waals surface area contributed by atoms with Crippen LogP contribution in [0.2, 0.25) is 0 Å². The molecule has 0 unspecified atom stereocenters.